The van der Waals surface area contributed by atoms with Crippen LogP contribution < -0.4 is 5.32 Å². The lowest BCUT2D eigenvalue weighted by atomic mass is 10.6. The molecule has 0 aliphatic rings. The van der Waals surface area contributed by atoms with Crippen molar-refractivity contribution in [3.05, 3.63) is 10.4 Å². The van der Waals surface area contributed by atoms with E-state index >= 15 is 0 Å². The zero-order valence-electron chi connectivity index (χ0n) is 8.26. The number of nitrogens with zero attached hydrogens (tertiary/aromatic N) is 3. The summed E-state index contributed by atoms with van der Waals surface area (Å²) in [6, 6.07) is 0. The number of azide groups is 1. The minimum atomic E-state index is -1.07. The average molecular weight is 218 g/mol. The summed E-state index contributed by atoms with van der Waals surface area (Å²) in [7, 11) is 0. The van der Waals surface area contributed by atoms with Gasteiger partial charge in [0.1, 0.15) is 0 Å². The van der Waals surface area contributed by atoms with E-state index < -0.39 is 6.09 Å². The Balaban J connectivity index is 2.98. The van der Waals surface area contributed by atoms with E-state index in [0.717, 1.165) is 0 Å². The summed E-state index contributed by atoms with van der Waals surface area (Å²) in [6.07, 6.45) is -1.07. The third-order valence-electron chi connectivity index (χ3n) is 1.29. The van der Waals surface area contributed by atoms with Gasteiger partial charge in [-0.1, -0.05) is 5.11 Å². The van der Waals surface area contributed by atoms with Crippen molar-refractivity contribution < 1.29 is 19.4 Å². The highest BCUT2D eigenvalue weighted by Crippen LogP contribution is 1.80. The molecule has 0 unspecified atom stereocenters. The molecule has 0 saturated carbocycles. The van der Waals surface area contributed by atoms with E-state index in [1.807, 2.05) is 0 Å². The van der Waals surface area contributed by atoms with E-state index in [2.05, 4.69) is 15.3 Å². The van der Waals surface area contributed by atoms with Crippen LogP contribution >= 0.6 is 0 Å². The Hall–Kier alpha value is -1.50. The van der Waals surface area contributed by atoms with Gasteiger partial charge in [-0.3, -0.25) is 0 Å². The summed E-state index contributed by atoms with van der Waals surface area (Å²) in [5, 5.41) is 13.6. The van der Waals surface area contributed by atoms with Gasteiger partial charge in [0.2, 0.25) is 0 Å². The third-order valence-corrected chi connectivity index (χ3v) is 1.29. The van der Waals surface area contributed by atoms with Gasteiger partial charge >= 0.3 is 6.09 Å². The Morgan fingerprint density at radius 3 is 2.60 bits per heavy atom. The molecule has 86 valence electrons. The molecule has 15 heavy (non-hydrogen) atoms. The number of carboxylic acid groups (broad SMARTS) is 1. The Labute approximate surface area is 86.8 Å². The molecule has 0 rings (SSSR count). The number of carbonyl (C=O) groups is 1. The quantitative estimate of drug-likeness (QED) is 0.255. The molecule has 0 aromatic rings. The molecule has 0 heterocycles. The first kappa shape index (κ1) is 13.5. The predicted molar refractivity (Wildman–Crippen MR) is 51.7 cm³/mol. The smallest absolute Gasteiger partial charge is 0.404 e. The average Bonchev–Trinajstić information content (AvgIpc) is 2.20. The maximum absolute atomic E-state index is 10.0. The van der Waals surface area contributed by atoms with Gasteiger partial charge in [-0.2, -0.15) is 0 Å². The molecule has 1 amide bonds. The first-order valence-electron chi connectivity index (χ1n) is 4.40. The van der Waals surface area contributed by atoms with Crippen LogP contribution in [0.1, 0.15) is 0 Å². The molecular weight excluding hydrogens is 204 g/mol. The fourth-order valence-corrected chi connectivity index (χ4v) is 0.702. The molecule has 0 fully saturated rings. The summed E-state index contributed by atoms with van der Waals surface area (Å²) < 4.78 is 10.1. The molecule has 0 saturated heterocycles. The monoisotopic (exact) mass is 218 g/mol. The highest BCUT2D eigenvalue weighted by Gasteiger charge is 1.93. The van der Waals surface area contributed by atoms with Crippen molar-refractivity contribution in [3.8, 4) is 0 Å². The highest BCUT2D eigenvalue weighted by atomic mass is 16.5. The highest BCUT2D eigenvalue weighted by molar-refractivity contribution is 5.64. The molecule has 8 heteroatoms. The number of ether oxygens (including phenoxy) is 2. The predicted octanol–water partition coefficient (Wildman–Crippen LogP) is 0.598. The number of hydrogen-bond acceptors (Lipinski definition) is 4. The van der Waals surface area contributed by atoms with Crippen LogP contribution in [0.5, 0.6) is 0 Å². The van der Waals surface area contributed by atoms with Crippen molar-refractivity contribution in [1.29, 1.82) is 0 Å². The van der Waals surface area contributed by atoms with Gasteiger partial charge in [0.15, 0.2) is 0 Å². The first-order valence-corrected chi connectivity index (χ1v) is 4.40. The lowest BCUT2D eigenvalue weighted by molar-refractivity contribution is 0.0519. The van der Waals surface area contributed by atoms with Crippen LogP contribution in [0.2, 0.25) is 0 Å². The van der Waals surface area contributed by atoms with Crippen molar-refractivity contribution in [2.45, 2.75) is 0 Å². The Kier molecular flexibility index (Phi) is 9.52. The minimum Gasteiger partial charge on any atom is -0.465 e. The second kappa shape index (κ2) is 10.6. The van der Waals surface area contributed by atoms with E-state index in [0.29, 0.717) is 33.0 Å². The molecule has 0 spiro atoms. The maximum Gasteiger partial charge on any atom is 0.404 e. The molecular formula is C7H14N4O4. The molecule has 8 nitrogen and oxygen atoms in total. The van der Waals surface area contributed by atoms with Gasteiger partial charge < -0.3 is 19.9 Å². The largest absolute Gasteiger partial charge is 0.465 e. The van der Waals surface area contributed by atoms with E-state index in [9.17, 15) is 4.79 Å². The topological polar surface area (TPSA) is 117 Å². The maximum atomic E-state index is 10.0. The minimum absolute atomic E-state index is 0.258. The van der Waals surface area contributed by atoms with Crippen LogP contribution in [-0.4, -0.2) is 50.7 Å². The van der Waals surface area contributed by atoms with E-state index in [1.54, 1.807) is 0 Å². The lowest BCUT2D eigenvalue weighted by Gasteiger charge is -2.04. The molecule has 0 bridgehead atoms. The number of nitrogens with one attached hydrogen (secondary N) is 1. The van der Waals surface area contributed by atoms with Gasteiger partial charge in [-0.25, -0.2) is 4.79 Å². The van der Waals surface area contributed by atoms with Crippen LogP contribution in [0.15, 0.2) is 5.11 Å². The summed E-state index contributed by atoms with van der Waals surface area (Å²) >= 11 is 0. The Morgan fingerprint density at radius 1 is 1.33 bits per heavy atom. The van der Waals surface area contributed by atoms with Crippen molar-refractivity contribution in [2.75, 3.05) is 39.5 Å². The molecule has 0 aromatic carbocycles. The van der Waals surface area contributed by atoms with Gasteiger partial charge in [-0.05, 0) is 5.53 Å². The second-order valence-electron chi connectivity index (χ2n) is 2.41. The molecule has 0 radical (unpaired) electrons. The zero-order chi connectivity index (χ0) is 11.4. The fraction of sp³-hybridized carbons (Fsp3) is 0.857. The first-order chi connectivity index (χ1) is 7.27. The Morgan fingerprint density at radius 2 is 2.00 bits per heavy atom. The SMILES string of the molecule is [N-]=[N+]=NCCOCCOCCNC(=O)O. The van der Waals surface area contributed by atoms with E-state index in [1.165, 1.54) is 0 Å². The summed E-state index contributed by atoms with van der Waals surface area (Å²) in [5.41, 5.74) is 7.93. The van der Waals surface area contributed by atoms with Crippen LogP contribution in [0.25, 0.3) is 10.4 Å². The summed E-state index contributed by atoms with van der Waals surface area (Å²) in [6.45, 7) is 2.02. The molecule has 0 aliphatic heterocycles. The summed E-state index contributed by atoms with van der Waals surface area (Å²) in [5.74, 6) is 0. The normalized spacial score (nSPS) is 9.33. The molecule has 0 aromatic heterocycles. The fourth-order valence-electron chi connectivity index (χ4n) is 0.702. The molecule has 0 atom stereocenters. The van der Waals surface area contributed by atoms with Crippen LogP contribution in [0, 0.1) is 0 Å². The van der Waals surface area contributed by atoms with Crippen molar-refractivity contribution in [3.63, 3.8) is 0 Å². The van der Waals surface area contributed by atoms with Crippen molar-refractivity contribution >= 4 is 6.09 Å². The van der Waals surface area contributed by atoms with E-state index in [-0.39, 0.29) is 6.54 Å². The third kappa shape index (κ3) is 12.5. The molecule has 2 N–H and O–H groups in total. The number of rotatable bonds is 9. The number of hydrogen-bond donors (Lipinski definition) is 2. The van der Waals surface area contributed by atoms with Gasteiger partial charge in [0.25, 0.3) is 0 Å². The summed E-state index contributed by atoms with van der Waals surface area (Å²) in [4.78, 5) is 12.6. The number of amides is 1. The van der Waals surface area contributed by atoms with Crippen LogP contribution in [-0.2, 0) is 9.47 Å². The standard InChI is InChI=1S/C7H14N4O4/c8-11-10-2-4-15-6-5-14-3-1-9-7(12)13/h9H,1-6H2,(H,12,13). The van der Waals surface area contributed by atoms with Gasteiger partial charge in [-0.15, -0.1) is 0 Å². The lowest BCUT2D eigenvalue weighted by Crippen LogP contribution is -2.25. The zero-order valence-corrected chi connectivity index (χ0v) is 8.26. The second-order valence-corrected chi connectivity index (χ2v) is 2.41. The van der Waals surface area contributed by atoms with Gasteiger partial charge in [0, 0.05) is 18.0 Å². The van der Waals surface area contributed by atoms with E-state index in [4.69, 9.17) is 20.1 Å². The Bertz CT molecular complexity index is 209. The van der Waals surface area contributed by atoms with Crippen LogP contribution in [0.4, 0.5) is 4.79 Å². The molecule has 0 aliphatic carbocycles. The van der Waals surface area contributed by atoms with Crippen LogP contribution in [0.3, 0.4) is 0 Å². The van der Waals surface area contributed by atoms with Crippen molar-refractivity contribution in [1.82, 2.24) is 5.32 Å². The van der Waals surface area contributed by atoms with Crippen molar-refractivity contribution in [2.24, 2.45) is 5.11 Å². The van der Waals surface area contributed by atoms with Gasteiger partial charge in [0.05, 0.1) is 26.4 Å².